The molecule has 0 aliphatic rings. The number of rotatable bonds is 8. The fourth-order valence-electron chi connectivity index (χ4n) is 1.91. The SMILES string of the molecule is CCCNCc1csc(Nc2cc(OC)c(Cl)cc2OC)n1. The first-order valence-corrected chi connectivity index (χ1v) is 8.27. The van der Waals surface area contributed by atoms with E-state index < -0.39 is 0 Å². The van der Waals surface area contributed by atoms with Crippen LogP contribution in [0.5, 0.6) is 11.5 Å². The molecule has 0 bridgehead atoms. The standard InChI is InChI=1S/C15H20ClN3O2S/c1-4-5-17-8-10-9-22-15(18-10)19-12-7-13(20-2)11(16)6-14(12)21-3/h6-7,9,17H,4-5,8H2,1-3H3,(H,18,19). The van der Waals surface area contributed by atoms with Crippen LogP contribution < -0.4 is 20.1 Å². The van der Waals surface area contributed by atoms with E-state index in [1.165, 1.54) is 0 Å². The zero-order valence-corrected chi connectivity index (χ0v) is 14.5. The lowest BCUT2D eigenvalue weighted by Gasteiger charge is -2.12. The first-order chi connectivity index (χ1) is 10.7. The summed E-state index contributed by atoms with van der Waals surface area (Å²) in [7, 11) is 3.18. The molecule has 7 heteroatoms. The van der Waals surface area contributed by atoms with Gasteiger partial charge in [0.1, 0.15) is 11.5 Å². The fraction of sp³-hybridized carbons (Fsp3) is 0.400. The van der Waals surface area contributed by atoms with Crippen molar-refractivity contribution in [2.75, 3.05) is 26.1 Å². The van der Waals surface area contributed by atoms with Gasteiger partial charge in [0.25, 0.3) is 0 Å². The maximum atomic E-state index is 6.10. The van der Waals surface area contributed by atoms with Crippen molar-refractivity contribution in [1.82, 2.24) is 10.3 Å². The van der Waals surface area contributed by atoms with Gasteiger partial charge in [-0.1, -0.05) is 18.5 Å². The molecule has 0 fully saturated rings. The molecule has 22 heavy (non-hydrogen) atoms. The average Bonchev–Trinajstić information content (AvgIpc) is 2.96. The minimum absolute atomic E-state index is 0.508. The van der Waals surface area contributed by atoms with Crippen LogP contribution in [0, 0.1) is 0 Å². The van der Waals surface area contributed by atoms with Crippen LogP contribution in [0.2, 0.25) is 5.02 Å². The second-order valence-electron chi connectivity index (χ2n) is 4.63. The first-order valence-electron chi connectivity index (χ1n) is 7.01. The molecule has 0 atom stereocenters. The lowest BCUT2D eigenvalue weighted by Crippen LogP contribution is -2.13. The molecule has 0 radical (unpaired) electrons. The first kappa shape index (κ1) is 16.9. The molecule has 0 amide bonds. The van der Waals surface area contributed by atoms with Crippen LogP contribution in [-0.4, -0.2) is 25.7 Å². The minimum Gasteiger partial charge on any atom is -0.495 e. The number of nitrogens with one attached hydrogen (secondary N) is 2. The molecular formula is C15H20ClN3O2S. The van der Waals surface area contributed by atoms with Gasteiger partial charge in [0, 0.05) is 24.1 Å². The number of hydrogen-bond acceptors (Lipinski definition) is 6. The number of aromatic nitrogens is 1. The van der Waals surface area contributed by atoms with Gasteiger partial charge < -0.3 is 20.1 Å². The van der Waals surface area contributed by atoms with Crippen molar-refractivity contribution in [1.29, 1.82) is 0 Å². The average molecular weight is 342 g/mol. The summed E-state index contributed by atoms with van der Waals surface area (Å²) in [4.78, 5) is 4.55. The number of nitrogens with zero attached hydrogens (tertiary/aromatic N) is 1. The Labute approximate surface area is 139 Å². The molecule has 0 aliphatic carbocycles. The van der Waals surface area contributed by atoms with E-state index >= 15 is 0 Å². The van der Waals surface area contributed by atoms with Gasteiger partial charge in [0.2, 0.25) is 0 Å². The van der Waals surface area contributed by atoms with E-state index in [1.54, 1.807) is 37.7 Å². The number of thiazole rings is 1. The lowest BCUT2D eigenvalue weighted by molar-refractivity contribution is 0.405. The Morgan fingerprint density at radius 2 is 2.00 bits per heavy atom. The number of anilines is 2. The van der Waals surface area contributed by atoms with Gasteiger partial charge in [-0.25, -0.2) is 4.98 Å². The Kier molecular flexibility index (Phi) is 6.30. The van der Waals surface area contributed by atoms with Crippen molar-refractivity contribution in [2.45, 2.75) is 19.9 Å². The zero-order valence-electron chi connectivity index (χ0n) is 12.9. The molecule has 0 spiro atoms. The lowest BCUT2D eigenvalue weighted by atomic mass is 10.2. The van der Waals surface area contributed by atoms with E-state index in [0.29, 0.717) is 16.5 Å². The smallest absolute Gasteiger partial charge is 0.187 e. The van der Waals surface area contributed by atoms with Crippen LogP contribution >= 0.6 is 22.9 Å². The predicted molar refractivity (Wildman–Crippen MR) is 92.0 cm³/mol. The largest absolute Gasteiger partial charge is 0.495 e. The Morgan fingerprint density at radius 1 is 1.23 bits per heavy atom. The summed E-state index contributed by atoms with van der Waals surface area (Å²) in [6.07, 6.45) is 1.11. The van der Waals surface area contributed by atoms with Gasteiger partial charge in [-0.15, -0.1) is 11.3 Å². The third kappa shape index (κ3) is 4.25. The number of halogens is 1. The molecule has 1 heterocycles. The highest BCUT2D eigenvalue weighted by Gasteiger charge is 2.11. The van der Waals surface area contributed by atoms with Crippen molar-refractivity contribution in [3.63, 3.8) is 0 Å². The molecule has 0 saturated carbocycles. The molecule has 0 unspecified atom stereocenters. The van der Waals surface area contributed by atoms with Crippen molar-refractivity contribution in [3.05, 3.63) is 28.2 Å². The second kappa shape index (κ2) is 8.22. The molecule has 1 aromatic heterocycles. The van der Waals surface area contributed by atoms with Gasteiger partial charge in [0.15, 0.2) is 5.13 Å². The van der Waals surface area contributed by atoms with Crippen LogP contribution in [0.1, 0.15) is 19.0 Å². The van der Waals surface area contributed by atoms with Gasteiger partial charge >= 0.3 is 0 Å². The van der Waals surface area contributed by atoms with E-state index in [1.807, 2.05) is 5.38 Å². The molecule has 0 aliphatic heterocycles. The highest BCUT2D eigenvalue weighted by molar-refractivity contribution is 7.13. The van der Waals surface area contributed by atoms with E-state index in [-0.39, 0.29) is 0 Å². The Balaban J connectivity index is 2.12. The minimum atomic E-state index is 0.508. The summed E-state index contributed by atoms with van der Waals surface area (Å²) in [6.45, 7) is 3.90. The molecule has 2 rings (SSSR count). The van der Waals surface area contributed by atoms with Crippen LogP contribution in [0.15, 0.2) is 17.5 Å². The van der Waals surface area contributed by atoms with Gasteiger partial charge in [-0.3, -0.25) is 0 Å². The van der Waals surface area contributed by atoms with Crippen molar-refractivity contribution in [3.8, 4) is 11.5 Å². The number of benzene rings is 1. The Morgan fingerprint density at radius 3 is 2.68 bits per heavy atom. The molecule has 2 N–H and O–H groups in total. The number of ether oxygens (including phenoxy) is 2. The maximum absolute atomic E-state index is 6.10. The number of methoxy groups -OCH3 is 2. The number of hydrogen-bond donors (Lipinski definition) is 2. The molecule has 120 valence electrons. The van der Waals surface area contributed by atoms with Gasteiger partial charge in [-0.2, -0.15) is 0 Å². The second-order valence-corrected chi connectivity index (χ2v) is 5.90. The Hall–Kier alpha value is -1.50. The maximum Gasteiger partial charge on any atom is 0.187 e. The van der Waals surface area contributed by atoms with Gasteiger partial charge in [-0.05, 0) is 13.0 Å². The van der Waals surface area contributed by atoms with Crippen LogP contribution in [-0.2, 0) is 6.54 Å². The third-order valence-electron chi connectivity index (χ3n) is 3.00. The van der Waals surface area contributed by atoms with E-state index in [2.05, 4.69) is 22.5 Å². The summed E-state index contributed by atoms with van der Waals surface area (Å²) in [6, 6.07) is 3.53. The molecular weight excluding hydrogens is 322 g/mol. The normalized spacial score (nSPS) is 10.5. The summed E-state index contributed by atoms with van der Waals surface area (Å²) in [5.74, 6) is 1.23. The van der Waals surface area contributed by atoms with Crippen molar-refractivity contribution < 1.29 is 9.47 Å². The summed E-state index contributed by atoms with van der Waals surface area (Å²) in [5.41, 5.74) is 1.78. The fourth-order valence-corrected chi connectivity index (χ4v) is 2.87. The summed E-state index contributed by atoms with van der Waals surface area (Å²) in [5, 5.41) is 9.93. The molecule has 0 saturated heterocycles. The molecule has 5 nitrogen and oxygen atoms in total. The predicted octanol–water partition coefficient (Wildman–Crippen LogP) is 4.06. The van der Waals surface area contributed by atoms with E-state index in [0.717, 1.165) is 36.0 Å². The summed E-state index contributed by atoms with van der Waals surface area (Å²) < 4.78 is 10.6. The van der Waals surface area contributed by atoms with Crippen LogP contribution in [0.25, 0.3) is 0 Å². The quantitative estimate of drug-likeness (QED) is 0.709. The monoisotopic (exact) mass is 341 g/mol. The topological polar surface area (TPSA) is 55.4 Å². The van der Waals surface area contributed by atoms with Crippen LogP contribution in [0.3, 0.4) is 0 Å². The zero-order chi connectivity index (χ0) is 15.9. The van der Waals surface area contributed by atoms with E-state index in [4.69, 9.17) is 21.1 Å². The van der Waals surface area contributed by atoms with Crippen LogP contribution in [0.4, 0.5) is 10.8 Å². The highest BCUT2D eigenvalue weighted by Crippen LogP contribution is 2.37. The van der Waals surface area contributed by atoms with Gasteiger partial charge in [0.05, 0.1) is 30.6 Å². The molecule has 2 aromatic rings. The third-order valence-corrected chi connectivity index (χ3v) is 4.10. The van der Waals surface area contributed by atoms with Crippen molar-refractivity contribution in [2.24, 2.45) is 0 Å². The molecule has 1 aromatic carbocycles. The van der Waals surface area contributed by atoms with E-state index in [9.17, 15) is 0 Å². The Bertz CT molecular complexity index is 619. The highest BCUT2D eigenvalue weighted by atomic mass is 35.5. The van der Waals surface area contributed by atoms with Crippen molar-refractivity contribution >= 4 is 33.8 Å². The summed E-state index contributed by atoms with van der Waals surface area (Å²) >= 11 is 7.65.